The molecule has 1 aromatic carbocycles. The van der Waals surface area contributed by atoms with E-state index in [1.54, 1.807) is 25.3 Å². The molecule has 1 saturated heterocycles. The first kappa shape index (κ1) is 19.5. The number of amides is 1. The van der Waals surface area contributed by atoms with Crippen molar-refractivity contribution in [3.63, 3.8) is 0 Å². The lowest BCUT2D eigenvalue weighted by atomic mass is 9.93. The minimum absolute atomic E-state index is 0.0412. The third-order valence-corrected chi connectivity index (χ3v) is 5.01. The molecule has 0 saturated carbocycles. The van der Waals surface area contributed by atoms with Gasteiger partial charge in [-0.05, 0) is 48.5 Å². The number of rotatable bonds is 7. The minimum Gasteiger partial charge on any atom is -0.495 e. The van der Waals surface area contributed by atoms with Gasteiger partial charge in [-0.25, -0.2) is 0 Å². The van der Waals surface area contributed by atoms with Crippen LogP contribution in [0.25, 0.3) is 0 Å². The van der Waals surface area contributed by atoms with Crippen molar-refractivity contribution in [3.8, 4) is 5.75 Å². The highest BCUT2D eigenvalue weighted by Crippen LogP contribution is 2.28. The van der Waals surface area contributed by atoms with E-state index in [9.17, 15) is 4.79 Å². The zero-order valence-electron chi connectivity index (χ0n) is 15.7. The number of halogens is 1. The normalized spacial score (nSPS) is 17.0. The number of piperidine rings is 1. The summed E-state index contributed by atoms with van der Waals surface area (Å²) in [5.74, 6) is 2.29. The predicted molar refractivity (Wildman–Crippen MR) is 104 cm³/mol. The van der Waals surface area contributed by atoms with Gasteiger partial charge in [0.1, 0.15) is 5.75 Å². The Morgan fingerprint density at radius 1 is 1.48 bits per heavy atom. The van der Waals surface area contributed by atoms with E-state index in [1.165, 1.54) is 0 Å². The summed E-state index contributed by atoms with van der Waals surface area (Å²) in [6.07, 6.45) is 4.15. The second-order valence-electron chi connectivity index (χ2n) is 6.73. The molecule has 0 radical (unpaired) electrons. The van der Waals surface area contributed by atoms with Gasteiger partial charge in [-0.2, -0.15) is 4.98 Å². The summed E-state index contributed by atoms with van der Waals surface area (Å²) in [7, 11) is 1.57. The molecule has 1 aliphatic heterocycles. The number of benzene rings is 1. The van der Waals surface area contributed by atoms with Crippen LogP contribution in [0.3, 0.4) is 0 Å². The van der Waals surface area contributed by atoms with Crippen LogP contribution in [0.1, 0.15) is 38.5 Å². The third kappa shape index (κ3) is 5.13. The van der Waals surface area contributed by atoms with E-state index in [0.29, 0.717) is 40.6 Å². The van der Waals surface area contributed by atoms with Gasteiger partial charge in [0, 0.05) is 31.0 Å². The number of aryl methyl sites for hydroxylation is 1. The molecule has 3 rings (SSSR count). The molecular formula is C19H25ClN4O3. The Balaban J connectivity index is 1.52. The topological polar surface area (TPSA) is 80.5 Å². The summed E-state index contributed by atoms with van der Waals surface area (Å²) in [6.45, 7) is 3.76. The van der Waals surface area contributed by atoms with Crippen molar-refractivity contribution in [2.45, 2.75) is 39.0 Å². The zero-order chi connectivity index (χ0) is 19.2. The highest BCUT2D eigenvalue weighted by atomic mass is 35.5. The van der Waals surface area contributed by atoms with Gasteiger partial charge in [-0.15, -0.1) is 0 Å². The second-order valence-corrected chi connectivity index (χ2v) is 7.16. The second kappa shape index (κ2) is 9.08. The van der Waals surface area contributed by atoms with E-state index in [4.69, 9.17) is 20.9 Å². The summed E-state index contributed by atoms with van der Waals surface area (Å²) in [5, 5.41) is 7.51. The van der Waals surface area contributed by atoms with Crippen LogP contribution in [0.2, 0.25) is 5.02 Å². The Hall–Kier alpha value is -2.28. The Morgan fingerprint density at radius 3 is 3.07 bits per heavy atom. The van der Waals surface area contributed by atoms with Crippen molar-refractivity contribution >= 4 is 29.1 Å². The van der Waals surface area contributed by atoms with E-state index in [2.05, 4.69) is 20.4 Å². The van der Waals surface area contributed by atoms with E-state index in [1.807, 2.05) is 6.92 Å². The third-order valence-electron chi connectivity index (χ3n) is 4.78. The number of aromatic nitrogens is 2. The summed E-state index contributed by atoms with van der Waals surface area (Å²) < 4.78 is 10.5. The summed E-state index contributed by atoms with van der Waals surface area (Å²) >= 11 is 6.01. The number of methoxy groups -OCH3 is 1. The number of anilines is 2. The molecule has 146 valence electrons. The van der Waals surface area contributed by atoms with Crippen LogP contribution in [0.4, 0.5) is 11.6 Å². The van der Waals surface area contributed by atoms with E-state index < -0.39 is 0 Å². The maximum Gasteiger partial charge on any atom is 0.266 e. The van der Waals surface area contributed by atoms with Gasteiger partial charge in [-0.3, -0.25) is 4.79 Å². The number of hydrogen-bond donors (Lipinski definition) is 1. The number of carbonyl (C=O) groups is 1. The maximum atomic E-state index is 12.4. The van der Waals surface area contributed by atoms with Crippen LogP contribution in [-0.2, 0) is 11.2 Å². The largest absolute Gasteiger partial charge is 0.495 e. The molecule has 0 aliphatic carbocycles. The fourth-order valence-electron chi connectivity index (χ4n) is 3.33. The lowest BCUT2D eigenvalue weighted by Gasteiger charge is -2.31. The molecule has 0 bridgehead atoms. The van der Waals surface area contributed by atoms with Gasteiger partial charge >= 0.3 is 0 Å². The van der Waals surface area contributed by atoms with E-state index in [0.717, 1.165) is 38.8 Å². The number of carbonyl (C=O) groups excluding carboxylic acids is 1. The molecule has 2 heterocycles. The molecular weight excluding hydrogens is 368 g/mol. The Labute approximate surface area is 164 Å². The molecule has 1 aliphatic rings. The molecule has 27 heavy (non-hydrogen) atoms. The van der Waals surface area contributed by atoms with Gasteiger partial charge < -0.3 is 19.5 Å². The summed E-state index contributed by atoms with van der Waals surface area (Å²) in [4.78, 5) is 18.9. The Bertz CT molecular complexity index is 780. The van der Waals surface area contributed by atoms with Crippen LogP contribution in [0.5, 0.6) is 5.75 Å². The maximum absolute atomic E-state index is 12.4. The SMILES string of the molecule is CCc1nc(N2CCCC(CCC(=O)Nc3cc(Cl)ccc3OC)C2)no1. The van der Waals surface area contributed by atoms with Crippen molar-refractivity contribution in [1.82, 2.24) is 10.1 Å². The lowest BCUT2D eigenvalue weighted by Crippen LogP contribution is -2.36. The fraction of sp³-hybridized carbons (Fsp3) is 0.526. The number of ether oxygens (including phenoxy) is 1. The molecule has 1 unspecified atom stereocenters. The van der Waals surface area contributed by atoms with Crippen LogP contribution in [-0.4, -0.2) is 36.2 Å². The average molecular weight is 393 g/mol. The molecule has 1 amide bonds. The highest BCUT2D eigenvalue weighted by Gasteiger charge is 2.24. The van der Waals surface area contributed by atoms with Gasteiger partial charge in [-0.1, -0.05) is 18.5 Å². The number of nitrogens with one attached hydrogen (secondary N) is 1. The highest BCUT2D eigenvalue weighted by molar-refractivity contribution is 6.31. The first-order valence-corrected chi connectivity index (χ1v) is 9.67. The standard InChI is InChI=1S/C19H25ClN4O3/c1-3-18-22-19(23-27-18)24-10-4-5-13(12-24)6-9-17(25)21-15-11-14(20)7-8-16(15)26-2/h7-8,11,13H,3-6,9-10,12H2,1-2H3,(H,21,25). The van der Waals surface area contributed by atoms with Crippen LogP contribution in [0.15, 0.2) is 22.7 Å². The molecule has 1 N–H and O–H groups in total. The first-order valence-electron chi connectivity index (χ1n) is 9.30. The molecule has 1 fully saturated rings. The Morgan fingerprint density at radius 2 is 2.33 bits per heavy atom. The van der Waals surface area contributed by atoms with E-state index >= 15 is 0 Å². The monoisotopic (exact) mass is 392 g/mol. The van der Waals surface area contributed by atoms with Crippen molar-refractivity contribution in [2.75, 3.05) is 30.4 Å². The van der Waals surface area contributed by atoms with Crippen molar-refractivity contribution < 1.29 is 14.1 Å². The van der Waals surface area contributed by atoms with Crippen molar-refractivity contribution in [1.29, 1.82) is 0 Å². The molecule has 0 spiro atoms. The fourth-order valence-corrected chi connectivity index (χ4v) is 3.50. The minimum atomic E-state index is -0.0412. The first-order chi connectivity index (χ1) is 13.1. The van der Waals surface area contributed by atoms with Crippen LogP contribution in [0, 0.1) is 5.92 Å². The number of nitrogens with zero attached hydrogens (tertiary/aromatic N) is 3. The van der Waals surface area contributed by atoms with Crippen LogP contribution >= 0.6 is 11.6 Å². The summed E-state index contributed by atoms with van der Waals surface area (Å²) in [5.41, 5.74) is 0.596. The van der Waals surface area contributed by atoms with Crippen molar-refractivity contribution in [2.24, 2.45) is 5.92 Å². The molecule has 2 aromatic rings. The average Bonchev–Trinajstić information content (AvgIpc) is 3.16. The van der Waals surface area contributed by atoms with E-state index in [-0.39, 0.29) is 5.91 Å². The molecule has 8 heteroatoms. The van der Waals surface area contributed by atoms with Crippen LogP contribution < -0.4 is 15.0 Å². The summed E-state index contributed by atoms with van der Waals surface area (Å²) in [6, 6.07) is 5.17. The number of hydrogen-bond acceptors (Lipinski definition) is 6. The van der Waals surface area contributed by atoms with Crippen molar-refractivity contribution in [3.05, 3.63) is 29.1 Å². The predicted octanol–water partition coefficient (Wildman–Crippen LogP) is 3.93. The quantitative estimate of drug-likeness (QED) is 0.768. The molecule has 1 aromatic heterocycles. The molecule has 7 nitrogen and oxygen atoms in total. The van der Waals surface area contributed by atoms with Gasteiger partial charge in [0.05, 0.1) is 12.8 Å². The smallest absolute Gasteiger partial charge is 0.266 e. The zero-order valence-corrected chi connectivity index (χ0v) is 16.5. The van der Waals surface area contributed by atoms with Gasteiger partial charge in [0.2, 0.25) is 11.8 Å². The molecule has 1 atom stereocenters. The van der Waals surface area contributed by atoms with Gasteiger partial charge in [0.15, 0.2) is 0 Å². The van der Waals surface area contributed by atoms with Gasteiger partial charge in [0.25, 0.3) is 5.95 Å². The Kier molecular flexibility index (Phi) is 6.55. The lowest BCUT2D eigenvalue weighted by molar-refractivity contribution is -0.116.